The van der Waals surface area contributed by atoms with Gasteiger partial charge in [0.15, 0.2) is 0 Å². The molecule has 2 rings (SSSR count). The van der Waals surface area contributed by atoms with Gasteiger partial charge >= 0.3 is 21.7 Å². The van der Waals surface area contributed by atoms with Crippen molar-refractivity contribution in [2.24, 2.45) is 0 Å². The number of likely N-dealkylation sites (N-methyl/N-ethyl adjacent to an activating group) is 1. The molecule has 0 aliphatic heterocycles. The van der Waals surface area contributed by atoms with Crippen molar-refractivity contribution >= 4 is 5.57 Å². The minimum Gasteiger partial charge on any atom is -1.00 e. The summed E-state index contributed by atoms with van der Waals surface area (Å²) in [5.41, 5.74) is 4.02. The van der Waals surface area contributed by atoms with Crippen LogP contribution in [-0.2, 0) is 27.3 Å². The summed E-state index contributed by atoms with van der Waals surface area (Å²) in [7, 11) is 4.16. The van der Waals surface area contributed by atoms with Crippen LogP contribution < -0.4 is 24.8 Å². The van der Waals surface area contributed by atoms with Gasteiger partial charge in [-0.1, -0.05) is 36.4 Å². The molecule has 0 saturated heterocycles. The fraction of sp³-hybridized carbons (Fsp3) is 0.412. The zero-order valence-corrected chi connectivity index (χ0v) is 16.6. The Kier molecular flexibility index (Phi) is 10.9. The van der Waals surface area contributed by atoms with Gasteiger partial charge in [0.25, 0.3) is 0 Å². The normalized spacial score (nSPS) is 13.5. The molecule has 0 bridgehead atoms. The third kappa shape index (κ3) is 6.19. The van der Waals surface area contributed by atoms with E-state index >= 15 is 0 Å². The van der Waals surface area contributed by atoms with Crippen LogP contribution in [0.3, 0.4) is 0 Å². The Hall–Kier alpha value is -0.0857. The average Bonchev–Trinajstić information content (AvgIpc) is 2.75. The number of halogens is 2. The Morgan fingerprint density at radius 3 is 2.27 bits per heavy atom. The van der Waals surface area contributed by atoms with Gasteiger partial charge in [-0.15, -0.1) is 0 Å². The minimum absolute atomic E-state index is 0. The predicted molar refractivity (Wildman–Crippen MR) is 80.9 cm³/mol. The molecule has 0 fully saturated rings. The van der Waals surface area contributed by atoms with Gasteiger partial charge in [-0.25, -0.2) is 0 Å². The fourth-order valence-electron chi connectivity index (χ4n) is 2.54. The molecule has 120 valence electrons. The first-order valence-corrected chi connectivity index (χ1v) is 6.74. The van der Waals surface area contributed by atoms with E-state index in [2.05, 4.69) is 37.2 Å². The molecule has 1 aliphatic rings. The molecule has 5 heteroatoms. The summed E-state index contributed by atoms with van der Waals surface area (Å²) in [5, 5.41) is 10.3. The van der Waals surface area contributed by atoms with Crippen LogP contribution in [0.25, 0.3) is 5.57 Å². The van der Waals surface area contributed by atoms with E-state index < -0.39 is 5.60 Å². The summed E-state index contributed by atoms with van der Waals surface area (Å²) in [4.78, 5) is 2.17. The fourth-order valence-corrected chi connectivity index (χ4v) is 2.54. The number of hydrogen-bond donors (Lipinski definition) is 1. The van der Waals surface area contributed by atoms with Crippen LogP contribution in [0.5, 0.6) is 0 Å². The Morgan fingerprint density at radius 2 is 1.73 bits per heavy atom. The van der Waals surface area contributed by atoms with Gasteiger partial charge in [0.05, 0.1) is 5.60 Å². The molecule has 0 aromatic heterocycles. The number of aliphatic hydroxyl groups is 1. The van der Waals surface area contributed by atoms with Crippen molar-refractivity contribution < 1.29 is 51.6 Å². The maximum Gasteiger partial charge on any atom is 2.00 e. The second kappa shape index (κ2) is 9.92. The number of allylic oxidation sites excluding steroid dienone is 2. The minimum atomic E-state index is -0.804. The zero-order valence-electron chi connectivity index (χ0n) is 13.5. The van der Waals surface area contributed by atoms with Crippen LogP contribution >= 0.6 is 0 Å². The van der Waals surface area contributed by atoms with Crippen molar-refractivity contribution in [3.8, 4) is 0 Å². The van der Waals surface area contributed by atoms with E-state index in [1.165, 1.54) is 16.7 Å². The number of benzene rings is 1. The molecule has 0 heterocycles. The molecule has 0 radical (unpaired) electrons. The smallest absolute Gasteiger partial charge is 1.00 e. The first-order chi connectivity index (χ1) is 8.88. The molecule has 0 atom stereocenters. The summed E-state index contributed by atoms with van der Waals surface area (Å²) >= 11 is 0. The van der Waals surface area contributed by atoms with Crippen molar-refractivity contribution in [2.75, 3.05) is 20.6 Å². The molecule has 0 amide bonds. The monoisotopic (exact) mass is 375 g/mol. The SMILES string of the molecule is CN(C)CC1=CCC(c2ccccc2C(C)(C)O)=C1.[Cl-].[Cl-].[Ti+2]. The summed E-state index contributed by atoms with van der Waals surface area (Å²) in [5.74, 6) is 0. The van der Waals surface area contributed by atoms with Crippen molar-refractivity contribution in [3.63, 3.8) is 0 Å². The van der Waals surface area contributed by atoms with Gasteiger partial charge in [0.2, 0.25) is 0 Å². The quantitative estimate of drug-likeness (QED) is 0.574. The first kappa shape index (κ1) is 24.2. The zero-order chi connectivity index (χ0) is 14.0. The molecule has 0 spiro atoms. The Bertz CT molecular complexity index is 534. The molecule has 1 aromatic carbocycles. The maximum atomic E-state index is 10.3. The van der Waals surface area contributed by atoms with E-state index in [9.17, 15) is 5.11 Å². The molecule has 1 aliphatic carbocycles. The molecule has 0 unspecified atom stereocenters. The Labute approximate surface area is 161 Å². The van der Waals surface area contributed by atoms with Gasteiger partial charge in [-0.2, -0.15) is 0 Å². The molecule has 1 N–H and O–H groups in total. The van der Waals surface area contributed by atoms with E-state index in [0.29, 0.717) is 0 Å². The largest absolute Gasteiger partial charge is 2.00 e. The molecular formula is C17H23Cl2NOTi. The van der Waals surface area contributed by atoms with E-state index in [1.54, 1.807) is 0 Å². The van der Waals surface area contributed by atoms with Crippen LogP contribution in [0, 0.1) is 0 Å². The van der Waals surface area contributed by atoms with Gasteiger partial charge in [-0.05, 0) is 56.6 Å². The second-order valence-corrected chi connectivity index (χ2v) is 6.00. The molecule has 0 saturated carbocycles. The van der Waals surface area contributed by atoms with Crippen molar-refractivity contribution in [2.45, 2.75) is 25.9 Å². The van der Waals surface area contributed by atoms with Crippen LogP contribution in [0.2, 0.25) is 0 Å². The predicted octanol–water partition coefficient (Wildman–Crippen LogP) is -2.81. The van der Waals surface area contributed by atoms with Crippen molar-refractivity contribution in [1.29, 1.82) is 0 Å². The summed E-state index contributed by atoms with van der Waals surface area (Å²) in [6.45, 7) is 4.65. The molecule has 22 heavy (non-hydrogen) atoms. The van der Waals surface area contributed by atoms with Crippen LogP contribution in [0.1, 0.15) is 31.4 Å². The average molecular weight is 376 g/mol. The Balaban J connectivity index is 0. The number of hydrogen-bond acceptors (Lipinski definition) is 2. The molecule has 2 nitrogen and oxygen atoms in total. The Morgan fingerprint density at radius 1 is 1.14 bits per heavy atom. The first-order valence-electron chi connectivity index (χ1n) is 6.74. The summed E-state index contributed by atoms with van der Waals surface area (Å²) < 4.78 is 0. The van der Waals surface area contributed by atoms with E-state index in [0.717, 1.165) is 18.5 Å². The standard InChI is InChI=1S/C17H23NO.2ClH.Ti/c1-17(2,19)16-8-6-5-7-15(16)14-10-9-13(11-14)12-18(3)4;;;/h5-9,11,19H,10,12H2,1-4H3;2*1H;/q;;;+2/p-2. The molecule has 1 aromatic rings. The van der Waals surface area contributed by atoms with Crippen LogP contribution in [-0.4, -0.2) is 30.6 Å². The topological polar surface area (TPSA) is 23.5 Å². The van der Waals surface area contributed by atoms with Crippen LogP contribution in [0.4, 0.5) is 0 Å². The third-order valence-electron chi connectivity index (χ3n) is 3.37. The van der Waals surface area contributed by atoms with Gasteiger partial charge < -0.3 is 34.8 Å². The van der Waals surface area contributed by atoms with Gasteiger partial charge in [-0.3, -0.25) is 0 Å². The number of rotatable bonds is 4. The summed E-state index contributed by atoms with van der Waals surface area (Å²) in [6, 6.07) is 8.14. The van der Waals surface area contributed by atoms with E-state index in [4.69, 9.17) is 0 Å². The number of nitrogens with zero attached hydrogens (tertiary/aromatic N) is 1. The summed E-state index contributed by atoms with van der Waals surface area (Å²) in [6.07, 6.45) is 5.48. The van der Waals surface area contributed by atoms with Crippen LogP contribution in [0.15, 0.2) is 42.0 Å². The van der Waals surface area contributed by atoms with Crippen molar-refractivity contribution in [3.05, 3.63) is 53.1 Å². The third-order valence-corrected chi connectivity index (χ3v) is 3.37. The van der Waals surface area contributed by atoms with Gasteiger partial charge in [0.1, 0.15) is 0 Å². The molecular weight excluding hydrogens is 353 g/mol. The maximum absolute atomic E-state index is 10.3. The second-order valence-electron chi connectivity index (χ2n) is 6.00. The van der Waals surface area contributed by atoms with Gasteiger partial charge in [0, 0.05) is 6.54 Å². The van der Waals surface area contributed by atoms with E-state index in [1.807, 2.05) is 32.0 Å². The van der Waals surface area contributed by atoms with E-state index in [-0.39, 0.29) is 46.5 Å². The van der Waals surface area contributed by atoms with Crippen molar-refractivity contribution in [1.82, 2.24) is 4.90 Å².